The van der Waals surface area contributed by atoms with Crippen molar-refractivity contribution in [3.8, 4) is 0 Å². The number of carbonyl (C=O) groups is 1. The van der Waals surface area contributed by atoms with Gasteiger partial charge in [-0.3, -0.25) is 0 Å². The van der Waals surface area contributed by atoms with E-state index in [-0.39, 0.29) is 16.8 Å². The first-order valence-corrected chi connectivity index (χ1v) is 8.61. The SMILES string of the molecule is CCOC(=O)c1cccc(S(=O)(=O)C2CCCCC2)c1. The molecule has 5 heteroatoms. The number of ether oxygens (including phenoxy) is 1. The lowest BCUT2D eigenvalue weighted by Crippen LogP contribution is -2.24. The third-order valence-electron chi connectivity index (χ3n) is 3.66. The highest BCUT2D eigenvalue weighted by Gasteiger charge is 2.29. The molecule has 0 bridgehead atoms. The number of rotatable bonds is 4. The fraction of sp³-hybridized carbons (Fsp3) is 0.533. The summed E-state index contributed by atoms with van der Waals surface area (Å²) in [5.41, 5.74) is 0.295. The molecule has 0 heterocycles. The second-order valence-electron chi connectivity index (χ2n) is 5.05. The summed E-state index contributed by atoms with van der Waals surface area (Å²) < 4.78 is 30.0. The highest BCUT2D eigenvalue weighted by molar-refractivity contribution is 7.92. The molecular weight excluding hydrogens is 276 g/mol. The largest absolute Gasteiger partial charge is 0.462 e. The molecule has 20 heavy (non-hydrogen) atoms. The van der Waals surface area contributed by atoms with Gasteiger partial charge in [0.1, 0.15) is 0 Å². The maximum absolute atomic E-state index is 12.6. The van der Waals surface area contributed by atoms with Gasteiger partial charge in [0.05, 0.1) is 22.3 Å². The van der Waals surface area contributed by atoms with Crippen molar-refractivity contribution >= 4 is 15.8 Å². The average molecular weight is 296 g/mol. The monoisotopic (exact) mass is 296 g/mol. The Kier molecular flexibility index (Phi) is 4.81. The number of hydrogen-bond donors (Lipinski definition) is 0. The van der Waals surface area contributed by atoms with E-state index in [0.717, 1.165) is 19.3 Å². The summed E-state index contributed by atoms with van der Waals surface area (Å²) in [4.78, 5) is 11.9. The van der Waals surface area contributed by atoms with E-state index in [1.165, 1.54) is 6.07 Å². The summed E-state index contributed by atoms with van der Waals surface area (Å²) in [7, 11) is -3.34. The number of benzene rings is 1. The van der Waals surface area contributed by atoms with Crippen molar-refractivity contribution in [3.05, 3.63) is 29.8 Å². The Morgan fingerprint density at radius 2 is 1.95 bits per heavy atom. The zero-order valence-electron chi connectivity index (χ0n) is 11.7. The van der Waals surface area contributed by atoms with Gasteiger partial charge in [-0.05, 0) is 38.0 Å². The average Bonchev–Trinajstić information content (AvgIpc) is 2.48. The Morgan fingerprint density at radius 3 is 2.60 bits per heavy atom. The van der Waals surface area contributed by atoms with Crippen LogP contribution in [0, 0.1) is 0 Å². The van der Waals surface area contributed by atoms with Crippen LogP contribution in [-0.2, 0) is 14.6 Å². The summed E-state index contributed by atoms with van der Waals surface area (Å²) in [5.74, 6) is -0.479. The fourth-order valence-corrected chi connectivity index (χ4v) is 4.48. The van der Waals surface area contributed by atoms with Gasteiger partial charge in [-0.2, -0.15) is 0 Å². The van der Waals surface area contributed by atoms with Crippen molar-refractivity contribution < 1.29 is 17.9 Å². The second kappa shape index (κ2) is 6.39. The standard InChI is InChI=1S/C15H20O4S/c1-2-19-15(16)12-7-6-10-14(11-12)20(17,18)13-8-4-3-5-9-13/h6-7,10-11,13H,2-5,8-9H2,1H3. The molecule has 0 aliphatic heterocycles. The van der Waals surface area contributed by atoms with Gasteiger partial charge in [-0.15, -0.1) is 0 Å². The number of sulfone groups is 1. The maximum atomic E-state index is 12.6. The molecular formula is C15H20O4S. The topological polar surface area (TPSA) is 60.4 Å². The van der Waals surface area contributed by atoms with Gasteiger partial charge < -0.3 is 4.74 Å². The van der Waals surface area contributed by atoms with Gasteiger partial charge in [0.25, 0.3) is 0 Å². The van der Waals surface area contributed by atoms with Crippen molar-refractivity contribution in [2.45, 2.75) is 49.2 Å². The summed E-state index contributed by atoms with van der Waals surface area (Å²) in [6.45, 7) is 2.00. The van der Waals surface area contributed by atoms with Crippen LogP contribution in [0.15, 0.2) is 29.2 Å². The molecule has 0 amide bonds. The molecule has 0 aromatic heterocycles. The minimum atomic E-state index is -3.34. The summed E-state index contributed by atoms with van der Waals surface area (Å²) in [6.07, 6.45) is 4.45. The van der Waals surface area contributed by atoms with E-state index < -0.39 is 15.8 Å². The van der Waals surface area contributed by atoms with Gasteiger partial charge >= 0.3 is 5.97 Å². The minimum Gasteiger partial charge on any atom is -0.462 e. The van der Waals surface area contributed by atoms with E-state index in [2.05, 4.69) is 0 Å². The minimum absolute atomic E-state index is 0.231. The van der Waals surface area contributed by atoms with E-state index in [4.69, 9.17) is 4.74 Å². The Bertz CT molecular complexity index is 571. The van der Waals surface area contributed by atoms with Crippen LogP contribution in [0.25, 0.3) is 0 Å². The van der Waals surface area contributed by atoms with Gasteiger partial charge in [-0.1, -0.05) is 25.3 Å². The van der Waals surface area contributed by atoms with Crippen LogP contribution in [0.5, 0.6) is 0 Å². The molecule has 0 atom stereocenters. The molecule has 1 aromatic rings. The zero-order valence-corrected chi connectivity index (χ0v) is 12.5. The molecule has 1 saturated carbocycles. The molecule has 0 radical (unpaired) electrons. The summed E-state index contributed by atoms with van der Waals surface area (Å²) in [6, 6.07) is 6.18. The maximum Gasteiger partial charge on any atom is 0.338 e. The van der Waals surface area contributed by atoms with Crippen LogP contribution in [0.1, 0.15) is 49.4 Å². The first-order chi connectivity index (χ1) is 9.55. The van der Waals surface area contributed by atoms with Crippen LogP contribution < -0.4 is 0 Å². The smallest absolute Gasteiger partial charge is 0.338 e. The van der Waals surface area contributed by atoms with Crippen LogP contribution >= 0.6 is 0 Å². The normalized spacial score (nSPS) is 16.9. The van der Waals surface area contributed by atoms with E-state index >= 15 is 0 Å². The first-order valence-electron chi connectivity index (χ1n) is 7.07. The molecule has 0 saturated heterocycles. The third-order valence-corrected chi connectivity index (χ3v) is 5.92. The predicted molar refractivity (Wildman–Crippen MR) is 76.5 cm³/mol. The van der Waals surface area contributed by atoms with Crippen molar-refractivity contribution in [2.75, 3.05) is 6.61 Å². The quantitative estimate of drug-likeness (QED) is 0.801. The van der Waals surface area contributed by atoms with Gasteiger partial charge in [0.15, 0.2) is 9.84 Å². The predicted octanol–water partition coefficient (Wildman–Crippen LogP) is 2.97. The highest BCUT2D eigenvalue weighted by Crippen LogP contribution is 2.28. The van der Waals surface area contributed by atoms with Crippen molar-refractivity contribution in [1.29, 1.82) is 0 Å². The highest BCUT2D eigenvalue weighted by atomic mass is 32.2. The zero-order chi connectivity index (χ0) is 14.6. The van der Waals surface area contributed by atoms with Crippen molar-refractivity contribution in [1.82, 2.24) is 0 Å². The first kappa shape index (κ1) is 15.0. The molecule has 1 fully saturated rings. The van der Waals surface area contributed by atoms with E-state index in [1.807, 2.05) is 0 Å². The Morgan fingerprint density at radius 1 is 1.25 bits per heavy atom. The molecule has 4 nitrogen and oxygen atoms in total. The summed E-state index contributed by atoms with van der Waals surface area (Å²) in [5, 5.41) is -0.311. The number of esters is 1. The molecule has 110 valence electrons. The molecule has 1 aliphatic carbocycles. The molecule has 1 aliphatic rings. The Balaban J connectivity index is 2.27. The summed E-state index contributed by atoms with van der Waals surface area (Å²) >= 11 is 0. The lowest BCUT2D eigenvalue weighted by atomic mass is 10.0. The Hall–Kier alpha value is -1.36. The van der Waals surface area contributed by atoms with Crippen molar-refractivity contribution in [2.24, 2.45) is 0 Å². The van der Waals surface area contributed by atoms with Crippen LogP contribution in [0.2, 0.25) is 0 Å². The molecule has 0 N–H and O–H groups in total. The second-order valence-corrected chi connectivity index (χ2v) is 7.28. The van der Waals surface area contributed by atoms with Crippen LogP contribution in [-0.4, -0.2) is 26.2 Å². The van der Waals surface area contributed by atoms with Gasteiger partial charge in [0.2, 0.25) is 0 Å². The number of hydrogen-bond acceptors (Lipinski definition) is 4. The van der Waals surface area contributed by atoms with E-state index in [0.29, 0.717) is 18.4 Å². The fourth-order valence-electron chi connectivity index (χ4n) is 2.58. The molecule has 0 unspecified atom stereocenters. The molecule has 0 spiro atoms. The van der Waals surface area contributed by atoms with E-state index in [1.54, 1.807) is 25.1 Å². The lowest BCUT2D eigenvalue weighted by molar-refractivity contribution is 0.0526. The van der Waals surface area contributed by atoms with Crippen LogP contribution in [0.4, 0.5) is 0 Å². The number of carbonyl (C=O) groups excluding carboxylic acids is 1. The van der Waals surface area contributed by atoms with E-state index in [9.17, 15) is 13.2 Å². The van der Waals surface area contributed by atoms with Crippen molar-refractivity contribution in [3.63, 3.8) is 0 Å². The molecule has 1 aromatic carbocycles. The van der Waals surface area contributed by atoms with Crippen LogP contribution in [0.3, 0.4) is 0 Å². The molecule has 2 rings (SSSR count). The lowest BCUT2D eigenvalue weighted by Gasteiger charge is -2.21. The third kappa shape index (κ3) is 3.20. The Labute approximate surface area is 120 Å². The van der Waals surface area contributed by atoms with Gasteiger partial charge in [-0.25, -0.2) is 13.2 Å². The van der Waals surface area contributed by atoms with Gasteiger partial charge in [0, 0.05) is 0 Å².